The van der Waals surface area contributed by atoms with Gasteiger partial charge in [-0.15, -0.1) is 11.3 Å². The molecule has 13 heavy (non-hydrogen) atoms. The van der Waals surface area contributed by atoms with Crippen molar-refractivity contribution >= 4 is 34.5 Å². The van der Waals surface area contributed by atoms with Crippen LogP contribution in [0.3, 0.4) is 0 Å². The highest BCUT2D eigenvalue weighted by Gasteiger charge is 2.01. The number of hydrogen-bond donors (Lipinski definition) is 0. The molecule has 0 saturated carbocycles. The first kappa shape index (κ1) is 9.00. The highest BCUT2D eigenvalue weighted by atomic mass is 35.5. The van der Waals surface area contributed by atoms with Crippen LogP contribution in [0.1, 0.15) is 0 Å². The summed E-state index contributed by atoms with van der Waals surface area (Å²) in [5.41, 5.74) is 1.93. The zero-order valence-electron chi connectivity index (χ0n) is 6.50. The Bertz CT molecular complexity index is 408. The molecule has 66 valence electrons. The van der Waals surface area contributed by atoms with Crippen LogP contribution in [0.2, 0.25) is 9.36 Å². The Hall–Kier alpha value is -0.570. The average molecular weight is 230 g/mol. The van der Waals surface area contributed by atoms with Gasteiger partial charge in [0.15, 0.2) is 0 Å². The lowest BCUT2D eigenvalue weighted by atomic mass is 10.2. The van der Waals surface area contributed by atoms with Gasteiger partial charge in [-0.3, -0.25) is 4.98 Å². The maximum absolute atomic E-state index is 5.81. The molecule has 0 aromatic carbocycles. The van der Waals surface area contributed by atoms with Crippen molar-refractivity contribution in [3.8, 4) is 11.3 Å². The van der Waals surface area contributed by atoms with E-state index in [1.165, 1.54) is 11.3 Å². The molecule has 0 aliphatic carbocycles. The molecule has 2 heterocycles. The van der Waals surface area contributed by atoms with Crippen molar-refractivity contribution in [1.82, 2.24) is 4.98 Å². The molecule has 0 fully saturated rings. The van der Waals surface area contributed by atoms with Crippen molar-refractivity contribution in [3.63, 3.8) is 0 Å². The highest BCUT2D eigenvalue weighted by molar-refractivity contribution is 7.14. The van der Waals surface area contributed by atoms with E-state index in [1.54, 1.807) is 6.20 Å². The molecule has 0 aliphatic heterocycles. The van der Waals surface area contributed by atoms with Gasteiger partial charge in [-0.1, -0.05) is 23.2 Å². The van der Waals surface area contributed by atoms with E-state index in [0.29, 0.717) is 5.02 Å². The topological polar surface area (TPSA) is 12.9 Å². The fraction of sp³-hybridized carbons (Fsp3) is 0. The van der Waals surface area contributed by atoms with Gasteiger partial charge >= 0.3 is 0 Å². The Morgan fingerprint density at radius 2 is 2.08 bits per heavy atom. The minimum Gasteiger partial charge on any atom is -0.255 e. The van der Waals surface area contributed by atoms with Crippen molar-refractivity contribution in [1.29, 1.82) is 0 Å². The lowest BCUT2D eigenvalue weighted by Crippen LogP contribution is -1.78. The Labute approximate surface area is 90.0 Å². The van der Waals surface area contributed by atoms with Gasteiger partial charge in [0, 0.05) is 17.1 Å². The van der Waals surface area contributed by atoms with Crippen LogP contribution in [0.15, 0.2) is 29.8 Å². The van der Waals surface area contributed by atoms with Crippen LogP contribution in [0, 0.1) is 0 Å². The number of rotatable bonds is 1. The van der Waals surface area contributed by atoms with Gasteiger partial charge in [-0.25, -0.2) is 0 Å². The monoisotopic (exact) mass is 229 g/mol. The predicted molar refractivity (Wildman–Crippen MR) is 57.6 cm³/mol. The zero-order valence-corrected chi connectivity index (χ0v) is 8.83. The molecule has 2 aromatic heterocycles. The van der Waals surface area contributed by atoms with Gasteiger partial charge < -0.3 is 0 Å². The molecule has 2 aromatic rings. The molecular formula is C9H5Cl2NS. The first-order chi connectivity index (χ1) is 6.25. The summed E-state index contributed by atoms with van der Waals surface area (Å²) in [7, 11) is 0. The molecular weight excluding hydrogens is 225 g/mol. The number of hydrogen-bond acceptors (Lipinski definition) is 2. The van der Waals surface area contributed by atoms with Gasteiger partial charge in [-0.2, -0.15) is 0 Å². The third kappa shape index (κ3) is 2.02. The summed E-state index contributed by atoms with van der Waals surface area (Å²) in [6, 6.07) is 5.58. The normalized spacial score (nSPS) is 10.3. The first-order valence-electron chi connectivity index (χ1n) is 3.61. The second kappa shape index (κ2) is 3.66. The second-order valence-corrected chi connectivity index (χ2v) is 4.48. The zero-order chi connectivity index (χ0) is 9.26. The van der Waals surface area contributed by atoms with Crippen molar-refractivity contribution < 1.29 is 0 Å². The van der Waals surface area contributed by atoms with E-state index in [0.717, 1.165) is 15.6 Å². The van der Waals surface area contributed by atoms with E-state index in [2.05, 4.69) is 4.98 Å². The third-order valence-electron chi connectivity index (χ3n) is 1.59. The molecule has 1 nitrogen and oxygen atoms in total. The minimum atomic E-state index is 0.644. The van der Waals surface area contributed by atoms with Crippen LogP contribution >= 0.6 is 34.5 Å². The predicted octanol–water partition coefficient (Wildman–Crippen LogP) is 4.12. The largest absolute Gasteiger partial charge is 0.255 e. The Morgan fingerprint density at radius 1 is 1.23 bits per heavy atom. The second-order valence-electron chi connectivity index (χ2n) is 2.50. The lowest BCUT2D eigenvalue weighted by Gasteiger charge is -1.95. The molecule has 0 N–H and O–H groups in total. The molecule has 0 bridgehead atoms. The van der Waals surface area contributed by atoms with Crippen LogP contribution in [0.4, 0.5) is 0 Å². The summed E-state index contributed by atoms with van der Waals surface area (Å²) >= 11 is 13.0. The summed E-state index contributed by atoms with van der Waals surface area (Å²) in [4.78, 5) is 4.18. The Kier molecular flexibility index (Phi) is 2.54. The van der Waals surface area contributed by atoms with E-state index in [-0.39, 0.29) is 0 Å². The summed E-state index contributed by atoms with van der Waals surface area (Å²) in [6.07, 6.45) is 1.63. The SMILES string of the molecule is Clc1ccc(-c2csc(Cl)c2)nc1. The first-order valence-corrected chi connectivity index (χ1v) is 5.25. The molecule has 0 aliphatic rings. The molecule has 0 spiro atoms. The molecule has 0 saturated heterocycles. The van der Waals surface area contributed by atoms with Gasteiger partial charge in [0.05, 0.1) is 15.1 Å². The third-order valence-corrected chi connectivity index (χ3v) is 2.91. The van der Waals surface area contributed by atoms with Crippen LogP contribution in [0.25, 0.3) is 11.3 Å². The van der Waals surface area contributed by atoms with E-state index < -0.39 is 0 Å². The van der Waals surface area contributed by atoms with Gasteiger partial charge in [0.1, 0.15) is 0 Å². The fourth-order valence-corrected chi connectivity index (χ4v) is 1.98. The van der Waals surface area contributed by atoms with Gasteiger partial charge in [0.2, 0.25) is 0 Å². The molecule has 0 amide bonds. The van der Waals surface area contributed by atoms with Gasteiger partial charge in [-0.05, 0) is 18.2 Å². The molecule has 0 unspecified atom stereocenters. The lowest BCUT2D eigenvalue weighted by molar-refractivity contribution is 1.33. The Morgan fingerprint density at radius 3 is 2.62 bits per heavy atom. The summed E-state index contributed by atoms with van der Waals surface area (Å²) in [6.45, 7) is 0. The maximum atomic E-state index is 5.81. The standard InChI is InChI=1S/C9H5Cl2NS/c10-7-1-2-8(12-4-7)6-3-9(11)13-5-6/h1-5H. The maximum Gasteiger partial charge on any atom is 0.0935 e. The summed E-state index contributed by atoms with van der Waals surface area (Å²) < 4.78 is 0.770. The van der Waals surface area contributed by atoms with E-state index in [9.17, 15) is 0 Å². The van der Waals surface area contributed by atoms with Crippen LogP contribution in [-0.2, 0) is 0 Å². The summed E-state index contributed by atoms with van der Waals surface area (Å²) in [5.74, 6) is 0. The molecule has 0 atom stereocenters. The van der Waals surface area contributed by atoms with E-state index in [1.807, 2.05) is 23.6 Å². The highest BCUT2D eigenvalue weighted by Crippen LogP contribution is 2.27. The number of thiophene rings is 1. The number of nitrogens with zero attached hydrogens (tertiary/aromatic N) is 1. The summed E-state index contributed by atoms with van der Waals surface area (Å²) in [5, 5.41) is 2.61. The molecule has 0 radical (unpaired) electrons. The van der Waals surface area contributed by atoms with Crippen LogP contribution < -0.4 is 0 Å². The fourth-order valence-electron chi connectivity index (χ4n) is 0.991. The van der Waals surface area contributed by atoms with Gasteiger partial charge in [0.25, 0.3) is 0 Å². The van der Waals surface area contributed by atoms with Crippen LogP contribution in [-0.4, -0.2) is 4.98 Å². The van der Waals surface area contributed by atoms with Crippen LogP contribution in [0.5, 0.6) is 0 Å². The number of pyridine rings is 1. The van der Waals surface area contributed by atoms with Crippen molar-refractivity contribution in [2.75, 3.05) is 0 Å². The average Bonchev–Trinajstić information content (AvgIpc) is 2.53. The molecule has 4 heteroatoms. The smallest absolute Gasteiger partial charge is 0.0935 e. The number of aromatic nitrogens is 1. The van der Waals surface area contributed by atoms with E-state index >= 15 is 0 Å². The van der Waals surface area contributed by atoms with Crippen molar-refractivity contribution in [3.05, 3.63) is 39.1 Å². The Balaban J connectivity index is 2.41. The quantitative estimate of drug-likeness (QED) is 0.718. The molecule has 2 rings (SSSR count). The minimum absolute atomic E-state index is 0.644. The van der Waals surface area contributed by atoms with Crippen molar-refractivity contribution in [2.45, 2.75) is 0 Å². The van der Waals surface area contributed by atoms with Crippen molar-refractivity contribution in [2.24, 2.45) is 0 Å². The van der Waals surface area contributed by atoms with E-state index in [4.69, 9.17) is 23.2 Å². The number of halogens is 2.